The van der Waals surface area contributed by atoms with Crippen LogP contribution in [0.25, 0.3) is 0 Å². The summed E-state index contributed by atoms with van der Waals surface area (Å²) in [5.41, 5.74) is 5.76. The number of nitrogens with zero attached hydrogens (tertiary/aromatic N) is 1. The fraction of sp³-hybridized carbons (Fsp3) is 0.462. The lowest BCUT2D eigenvalue weighted by Crippen LogP contribution is -1.94. The molecule has 2 nitrogen and oxygen atoms in total. The van der Waals surface area contributed by atoms with Crippen LogP contribution < -0.4 is 0 Å². The van der Waals surface area contributed by atoms with Crippen LogP contribution in [0.1, 0.15) is 35.1 Å². The number of isocyanates is 1. The van der Waals surface area contributed by atoms with Gasteiger partial charge in [-0.25, -0.2) is 4.79 Å². The number of benzene rings is 1. The normalized spacial score (nSPS) is 16.8. The zero-order valence-corrected chi connectivity index (χ0v) is 9.73. The number of hydrogen-bond donors (Lipinski definition) is 0. The molecule has 1 aromatic carbocycles. The van der Waals surface area contributed by atoms with E-state index in [4.69, 9.17) is 11.6 Å². The van der Waals surface area contributed by atoms with Crippen molar-refractivity contribution in [2.75, 3.05) is 0 Å². The summed E-state index contributed by atoms with van der Waals surface area (Å²) in [6.07, 6.45) is 8.01. The largest absolute Gasteiger partial charge is 0.240 e. The van der Waals surface area contributed by atoms with Gasteiger partial charge in [-0.05, 0) is 60.8 Å². The first-order valence-electron chi connectivity index (χ1n) is 5.75. The highest BCUT2D eigenvalue weighted by Gasteiger charge is 2.27. The third kappa shape index (κ3) is 1.27. The Morgan fingerprint density at radius 2 is 1.44 bits per heavy atom. The Morgan fingerprint density at radius 3 is 1.94 bits per heavy atom. The highest BCUT2D eigenvalue weighted by Crippen LogP contribution is 2.44. The van der Waals surface area contributed by atoms with E-state index in [-0.39, 0.29) is 0 Å². The van der Waals surface area contributed by atoms with Crippen LogP contribution in [0.2, 0.25) is 5.02 Å². The third-order valence-corrected chi connectivity index (χ3v) is 4.15. The van der Waals surface area contributed by atoms with E-state index in [9.17, 15) is 4.79 Å². The summed E-state index contributed by atoms with van der Waals surface area (Å²) in [6.45, 7) is 0. The maximum absolute atomic E-state index is 10.5. The van der Waals surface area contributed by atoms with Gasteiger partial charge in [0.2, 0.25) is 6.08 Å². The zero-order valence-electron chi connectivity index (χ0n) is 8.98. The van der Waals surface area contributed by atoms with Crippen LogP contribution >= 0.6 is 11.6 Å². The molecule has 0 amide bonds. The summed E-state index contributed by atoms with van der Waals surface area (Å²) in [5.74, 6) is 0. The Morgan fingerprint density at radius 1 is 0.938 bits per heavy atom. The van der Waals surface area contributed by atoms with E-state index in [0.717, 1.165) is 49.2 Å². The van der Waals surface area contributed by atoms with Crippen molar-refractivity contribution in [3.05, 3.63) is 27.3 Å². The quantitative estimate of drug-likeness (QED) is 0.541. The summed E-state index contributed by atoms with van der Waals surface area (Å²) in [6, 6.07) is 0. The lowest BCUT2D eigenvalue weighted by Gasteiger charge is -2.12. The van der Waals surface area contributed by atoms with E-state index in [1.54, 1.807) is 6.08 Å². The molecule has 0 N–H and O–H groups in total. The minimum Gasteiger partial charge on any atom is -0.211 e. The molecule has 0 unspecified atom stereocenters. The van der Waals surface area contributed by atoms with Crippen LogP contribution in [0.3, 0.4) is 0 Å². The zero-order chi connectivity index (χ0) is 11.1. The number of rotatable bonds is 1. The van der Waals surface area contributed by atoms with Crippen molar-refractivity contribution < 1.29 is 4.79 Å². The fourth-order valence-corrected chi connectivity index (χ4v) is 3.46. The molecule has 0 bridgehead atoms. The Labute approximate surface area is 99.3 Å². The molecule has 3 heteroatoms. The van der Waals surface area contributed by atoms with E-state index in [1.807, 2.05) is 0 Å². The summed E-state index contributed by atoms with van der Waals surface area (Å²) in [4.78, 5) is 14.5. The predicted molar refractivity (Wildman–Crippen MR) is 63.3 cm³/mol. The molecule has 0 spiro atoms. The van der Waals surface area contributed by atoms with E-state index < -0.39 is 0 Å². The van der Waals surface area contributed by atoms with Crippen LogP contribution in [0.15, 0.2) is 4.99 Å². The molecule has 0 saturated heterocycles. The minimum atomic E-state index is 0.888. The molecular weight excluding hydrogens is 222 g/mol. The van der Waals surface area contributed by atoms with E-state index in [2.05, 4.69) is 4.99 Å². The second-order valence-electron chi connectivity index (χ2n) is 4.49. The van der Waals surface area contributed by atoms with Crippen molar-refractivity contribution in [2.45, 2.75) is 38.5 Å². The van der Waals surface area contributed by atoms with Crippen molar-refractivity contribution in [1.29, 1.82) is 0 Å². The van der Waals surface area contributed by atoms with E-state index >= 15 is 0 Å². The standard InChI is InChI=1S/C13H12ClNO/c14-12-8-3-1-5-10(8)13(15-7-16)11-6-2-4-9(11)12/h1-6H2. The number of carbonyl (C=O) groups excluding carboxylic acids is 1. The maximum atomic E-state index is 10.5. The Hall–Kier alpha value is -1.11. The van der Waals surface area contributed by atoms with Gasteiger partial charge in [0, 0.05) is 5.02 Å². The molecule has 0 aromatic heterocycles. The first kappa shape index (κ1) is 10.1. The number of hydrogen-bond acceptors (Lipinski definition) is 2. The second-order valence-corrected chi connectivity index (χ2v) is 4.86. The van der Waals surface area contributed by atoms with Crippen molar-refractivity contribution >= 4 is 23.4 Å². The monoisotopic (exact) mass is 233 g/mol. The van der Waals surface area contributed by atoms with Gasteiger partial charge in [-0.15, -0.1) is 0 Å². The third-order valence-electron chi connectivity index (χ3n) is 3.69. The van der Waals surface area contributed by atoms with Gasteiger partial charge in [0.15, 0.2) is 0 Å². The maximum Gasteiger partial charge on any atom is 0.240 e. The van der Waals surface area contributed by atoms with Crippen LogP contribution in [-0.2, 0) is 30.5 Å². The Kier molecular flexibility index (Phi) is 2.34. The molecular formula is C13H12ClNO. The van der Waals surface area contributed by atoms with Crippen LogP contribution in [-0.4, -0.2) is 6.08 Å². The number of halogens is 1. The summed E-state index contributed by atoms with van der Waals surface area (Å²) in [5, 5.41) is 0.949. The molecule has 0 fully saturated rings. The van der Waals surface area contributed by atoms with Crippen molar-refractivity contribution in [3.8, 4) is 0 Å². The van der Waals surface area contributed by atoms with Gasteiger partial charge in [-0.2, -0.15) is 4.99 Å². The number of aliphatic imine (C=N–C) groups is 1. The second kappa shape index (κ2) is 3.73. The van der Waals surface area contributed by atoms with Gasteiger partial charge >= 0.3 is 0 Å². The van der Waals surface area contributed by atoms with Crippen LogP contribution in [0.5, 0.6) is 0 Å². The average Bonchev–Trinajstić information content (AvgIpc) is 2.92. The van der Waals surface area contributed by atoms with Gasteiger partial charge < -0.3 is 0 Å². The average molecular weight is 234 g/mol. The highest BCUT2D eigenvalue weighted by atomic mass is 35.5. The molecule has 2 aliphatic carbocycles. The first-order valence-corrected chi connectivity index (χ1v) is 6.13. The molecule has 0 aliphatic heterocycles. The van der Waals surface area contributed by atoms with Crippen molar-refractivity contribution in [3.63, 3.8) is 0 Å². The van der Waals surface area contributed by atoms with Crippen LogP contribution in [0.4, 0.5) is 5.69 Å². The van der Waals surface area contributed by atoms with Crippen molar-refractivity contribution in [2.24, 2.45) is 4.99 Å². The smallest absolute Gasteiger partial charge is 0.211 e. The predicted octanol–water partition coefficient (Wildman–Crippen LogP) is 3.28. The summed E-state index contributed by atoms with van der Waals surface area (Å²) < 4.78 is 0. The number of fused-ring (bicyclic) bond motifs is 2. The Balaban J connectivity index is 2.35. The lowest BCUT2D eigenvalue weighted by atomic mass is 9.99. The minimum absolute atomic E-state index is 0.888. The molecule has 0 saturated carbocycles. The van der Waals surface area contributed by atoms with Crippen LogP contribution in [0, 0.1) is 0 Å². The van der Waals surface area contributed by atoms with E-state index in [1.165, 1.54) is 22.3 Å². The molecule has 1 aromatic rings. The van der Waals surface area contributed by atoms with Gasteiger partial charge in [-0.3, -0.25) is 0 Å². The van der Waals surface area contributed by atoms with Gasteiger partial charge in [0.25, 0.3) is 0 Å². The SMILES string of the molecule is O=C=Nc1c2c(c(Cl)c3c1CCC3)CCC2. The van der Waals surface area contributed by atoms with Gasteiger partial charge in [0.05, 0.1) is 5.69 Å². The fourth-order valence-electron chi connectivity index (χ4n) is 3.04. The Bertz CT molecular complexity index is 480. The van der Waals surface area contributed by atoms with Gasteiger partial charge in [0.1, 0.15) is 0 Å². The molecule has 82 valence electrons. The first-order chi connectivity index (χ1) is 7.83. The molecule has 3 rings (SSSR count). The highest BCUT2D eigenvalue weighted by molar-refractivity contribution is 6.32. The molecule has 2 aliphatic rings. The molecule has 0 heterocycles. The van der Waals surface area contributed by atoms with Crippen molar-refractivity contribution in [1.82, 2.24) is 0 Å². The lowest BCUT2D eigenvalue weighted by molar-refractivity contribution is 0.565. The topological polar surface area (TPSA) is 29.4 Å². The summed E-state index contributed by atoms with van der Waals surface area (Å²) >= 11 is 6.43. The molecule has 16 heavy (non-hydrogen) atoms. The van der Waals surface area contributed by atoms with Gasteiger partial charge in [-0.1, -0.05) is 11.6 Å². The van der Waals surface area contributed by atoms with E-state index in [0.29, 0.717) is 0 Å². The molecule has 0 radical (unpaired) electrons. The molecule has 0 atom stereocenters. The summed E-state index contributed by atoms with van der Waals surface area (Å²) in [7, 11) is 0.